The van der Waals surface area contributed by atoms with Gasteiger partial charge in [0.05, 0.1) is 6.42 Å². The third-order valence-electron chi connectivity index (χ3n) is 2.57. The fraction of sp³-hybridized carbons (Fsp3) is 0.750. The maximum Gasteiger partial charge on any atom is 0.305 e. The summed E-state index contributed by atoms with van der Waals surface area (Å²) in [5.74, 6) is -0.408. The Kier molecular flexibility index (Phi) is 6.04. The molecule has 0 saturated carbocycles. The van der Waals surface area contributed by atoms with E-state index in [2.05, 4.69) is 31.0 Å². The molecule has 1 aromatic rings. The van der Waals surface area contributed by atoms with Gasteiger partial charge in [-0.1, -0.05) is 38.5 Å². The van der Waals surface area contributed by atoms with Crippen molar-refractivity contribution in [1.82, 2.24) is 10.2 Å². The van der Waals surface area contributed by atoms with Crippen LogP contribution in [-0.2, 0) is 4.79 Å². The van der Waals surface area contributed by atoms with Crippen LogP contribution in [0.2, 0.25) is 0 Å². The molecular weight excluding hydrogens is 250 g/mol. The van der Waals surface area contributed by atoms with Crippen LogP contribution in [0.1, 0.15) is 51.0 Å². The second-order valence-corrected chi connectivity index (χ2v) is 5.55. The number of nitrogens with zero attached hydrogens (tertiary/aromatic N) is 3. The Labute approximate surface area is 112 Å². The van der Waals surface area contributed by atoms with E-state index in [1.54, 1.807) is 11.3 Å². The van der Waals surface area contributed by atoms with Crippen LogP contribution in [0.4, 0.5) is 5.13 Å². The van der Waals surface area contributed by atoms with E-state index in [0.29, 0.717) is 12.5 Å². The molecule has 0 atom stereocenters. The van der Waals surface area contributed by atoms with Gasteiger partial charge in [0.2, 0.25) is 5.13 Å². The molecule has 0 unspecified atom stereocenters. The zero-order valence-corrected chi connectivity index (χ0v) is 12.0. The molecule has 0 amide bonds. The fourth-order valence-corrected chi connectivity index (χ4v) is 2.37. The van der Waals surface area contributed by atoms with Crippen molar-refractivity contribution in [3.63, 3.8) is 0 Å². The predicted octanol–water partition coefficient (Wildman–Crippen LogP) is 2.74. The van der Waals surface area contributed by atoms with E-state index in [0.717, 1.165) is 29.5 Å². The van der Waals surface area contributed by atoms with Crippen molar-refractivity contribution in [2.45, 2.75) is 46.0 Å². The third kappa shape index (κ3) is 4.60. The van der Waals surface area contributed by atoms with Crippen molar-refractivity contribution in [3.8, 4) is 0 Å². The van der Waals surface area contributed by atoms with Gasteiger partial charge in [0.15, 0.2) is 0 Å². The van der Waals surface area contributed by atoms with E-state index < -0.39 is 5.97 Å². The average Bonchev–Trinajstić information content (AvgIpc) is 2.78. The van der Waals surface area contributed by atoms with Crippen molar-refractivity contribution in [2.75, 3.05) is 18.0 Å². The number of hydrogen-bond acceptors (Lipinski definition) is 5. The number of anilines is 1. The second kappa shape index (κ2) is 7.31. The van der Waals surface area contributed by atoms with Crippen LogP contribution in [0.5, 0.6) is 0 Å². The average molecular weight is 271 g/mol. The number of aliphatic carboxylic acids is 1. The highest BCUT2D eigenvalue weighted by atomic mass is 32.1. The Balaban J connectivity index is 2.69. The largest absolute Gasteiger partial charge is 0.481 e. The first-order valence-electron chi connectivity index (χ1n) is 6.34. The molecule has 0 spiro atoms. The SMILES string of the molecule is CCCCN(CCC(=O)O)c1nnc(C(C)C)s1. The van der Waals surface area contributed by atoms with Crippen molar-refractivity contribution in [1.29, 1.82) is 0 Å². The van der Waals surface area contributed by atoms with Gasteiger partial charge in [-0.15, -0.1) is 10.2 Å². The monoisotopic (exact) mass is 271 g/mol. The van der Waals surface area contributed by atoms with Gasteiger partial charge in [-0.3, -0.25) is 4.79 Å². The molecule has 1 rings (SSSR count). The van der Waals surface area contributed by atoms with Crippen LogP contribution < -0.4 is 4.90 Å². The summed E-state index contributed by atoms with van der Waals surface area (Å²) in [5, 5.41) is 18.9. The molecule has 5 nitrogen and oxygen atoms in total. The fourth-order valence-electron chi connectivity index (χ4n) is 1.47. The first-order valence-corrected chi connectivity index (χ1v) is 7.16. The highest BCUT2D eigenvalue weighted by Crippen LogP contribution is 2.25. The van der Waals surface area contributed by atoms with Gasteiger partial charge in [0.1, 0.15) is 5.01 Å². The topological polar surface area (TPSA) is 66.3 Å². The zero-order chi connectivity index (χ0) is 13.5. The summed E-state index contributed by atoms with van der Waals surface area (Å²) in [6.07, 6.45) is 2.26. The van der Waals surface area contributed by atoms with Gasteiger partial charge in [0, 0.05) is 19.0 Å². The summed E-state index contributed by atoms with van der Waals surface area (Å²) in [6.45, 7) is 7.63. The van der Waals surface area contributed by atoms with Gasteiger partial charge in [0.25, 0.3) is 0 Å². The third-order valence-corrected chi connectivity index (χ3v) is 3.86. The van der Waals surface area contributed by atoms with E-state index in [1.807, 2.05) is 4.90 Å². The molecule has 1 N–H and O–H groups in total. The van der Waals surface area contributed by atoms with Crippen LogP contribution in [0, 0.1) is 0 Å². The molecular formula is C12H21N3O2S. The van der Waals surface area contributed by atoms with Gasteiger partial charge < -0.3 is 10.0 Å². The Bertz CT molecular complexity index is 379. The number of aromatic nitrogens is 2. The molecule has 102 valence electrons. The molecule has 0 aliphatic heterocycles. The van der Waals surface area contributed by atoms with Gasteiger partial charge in [-0.05, 0) is 6.42 Å². The quantitative estimate of drug-likeness (QED) is 0.787. The lowest BCUT2D eigenvalue weighted by Crippen LogP contribution is -2.27. The van der Waals surface area contributed by atoms with Crippen LogP contribution in [-0.4, -0.2) is 34.4 Å². The Morgan fingerprint density at radius 3 is 2.61 bits per heavy atom. The summed E-state index contributed by atoms with van der Waals surface area (Å²) in [6, 6.07) is 0. The molecule has 1 aromatic heterocycles. The van der Waals surface area contributed by atoms with Crippen LogP contribution in [0.25, 0.3) is 0 Å². The first kappa shape index (κ1) is 14.9. The van der Waals surface area contributed by atoms with Crippen LogP contribution >= 0.6 is 11.3 Å². The minimum Gasteiger partial charge on any atom is -0.481 e. The number of rotatable bonds is 8. The molecule has 0 radical (unpaired) electrons. The summed E-state index contributed by atoms with van der Waals surface area (Å²) < 4.78 is 0. The van der Waals surface area contributed by atoms with E-state index in [-0.39, 0.29) is 6.42 Å². The van der Waals surface area contributed by atoms with E-state index >= 15 is 0 Å². The molecule has 0 fully saturated rings. The lowest BCUT2D eigenvalue weighted by Gasteiger charge is -2.19. The normalized spacial score (nSPS) is 10.9. The summed E-state index contributed by atoms with van der Waals surface area (Å²) in [5.41, 5.74) is 0. The van der Waals surface area contributed by atoms with Gasteiger partial charge in [-0.2, -0.15) is 0 Å². The molecule has 0 aliphatic carbocycles. The maximum atomic E-state index is 10.7. The van der Waals surface area contributed by atoms with E-state index in [9.17, 15) is 4.79 Å². The smallest absolute Gasteiger partial charge is 0.305 e. The lowest BCUT2D eigenvalue weighted by atomic mass is 10.2. The molecule has 0 bridgehead atoms. The summed E-state index contributed by atoms with van der Waals surface area (Å²) in [7, 11) is 0. The first-order chi connectivity index (χ1) is 8.54. The standard InChI is InChI=1S/C12H21N3O2S/c1-4-5-7-15(8-6-10(16)17)12-14-13-11(18-12)9(2)3/h9H,4-8H2,1-3H3,(H,16,17). The van der Waals surface area contributed by atoms with E-state index in [4.69, 9.17) is 5.11 Å². The second-order valence-electron chi connectivity index (χ2n) is 4.56. The van der Waals surface area contributed by atoms with Gasteiger partial charge >= 0.3 is 5.97 Å². The van der Waals surface area contributed by atoms with Crippen molar-refractivity contribution in [2.24, 2.45) is 0 Å². The number of carboxylic acids is 1. The number of unbranched alkanes of at least 4 members (excludes halogenated alkanes) is 1. The van der Waals surface area contributed by atoms with Crippen molar-refractivity contribution in [3.05, 3.63) is 5.01 Å². The van der Waals surface area contributed by atoms with Crippen LogP contribution in [0.15, 0.2) is 0 Å². The number of hydrogen-bond donors (Lipinski definition) is 1. The predicted molar refractivity (Wildman–Crippen MR) is 73.4 cm³/mol. The molecule has 0 aliphatic rings. The zero-order valence-electron chi connectivity index (χ0n) is 11.2. The van der Waals surface area contributed by atoms with Crippen molar-refractivity contribution >= 4 is 22.4 Å². The highest BCUT2D eigenvalue weighted by Gasteiger charge is 2.14. The van der Waals surface area contributed by atoms with E-state index in [1.165, 1.54) is 0 Å². The molecule has 1 heterocycles. The highest BCUT2D eigenvalue weighted by molar-refractivity contribution is 7.15. The van der Waals surface area contributed by atoms with Crippen molar-refractivity contribution < 1.29 is 9.90 Å². The molecule has 0 saturated heterocycles. The number of carbonyl (C=O) groups is 1. The Hall–Kier alpha value is -1.17. The number of carboxylic acid groups (broad SMARTS) is 1. The summed E-state index contributed by atoms with van der Waals surface area (Å²) >= 11 is 1.56. The van der Waals surface area contributed by atoms with Gasteiger partial charge in [-0.25, -0.2) is 0 Å². The summed E-state index contributed by atoms with van der Waals surface area (Å²) in [4.78, 5) is 12.7. The molecule has 0 aromatic carbocycles. The molecule has 6 heteroatoms. The maximum absolute atomic E-state index is 10.7. The minimum absolute atomic E-state index is 0.139. The van der Waals surface area contributed by atoms with Crippen LogP contribution in [0.3, 0.4) is 0 Å². The molecule has 18 heavy (non-hydrogen) atoms. The Morgan fingerprint density at radius 2 is 2.11 bits per heavy atom. The minimum atomic E-state index is -0.773. The Morgan fingerprint density at radius 1 is 1.39 bits per heavy atom. The lowest BCUT2D eigenvalue weighted by molar-refractivity contribution is -0.136.